The fourth-order valence-electron chi connectivity index (χ4n) is 4.83. The number of amides is 1. The number of ether oxygens (including phenoxy) is 1. The highest BCUT2D eigenvalue weighted by Crippen LogP contribution is 2.39. The highest BCUT2D eigenvalue weighted by atomic mass is 35.5. The Bertz CT molecular complexity index is 1840. The summed E-state index contributed by atoms with van der Waals surface area (Å²) in [6.45, 7) is 4.85. The van der Waals surface area contributed by atoms with Crippen LogP contribution < -0.4 is 10.1 Å². The highest BCUT2D eigenvalue weighted by Gasteiger charge is 2.29. The Morgan fingerprint density at radius 2 is 1.79 bits per heavy atom. The number of aliphatic hydroxyl groups is 1. The lowest BCUT2D eigenvalue weighted by molar-refractivity contribution is 0.0743. The molecule has 2 aromatic heterocycles. The molecule has 2 N–H and O–H groups in total. The van der Waals surface area contributed by atoms with Crippen molar-refractivity contribution in [2.75, 3.05) is 13.7 Å². The van der Waals surface area contributed by atoms with E-state index >= 15 is 4.39 Å². The van der Waals surface area contributed by atoms with E-state index in [1.807, 2.05) is 37.3 Å². The predicted molar refractivity (Wildman–Crippen MR) is 166 cm³/mol. The molecule has 0 bridgehead atoms. The topological polar surface area (TPSA) is 84.3 Å². The second-order valence-electron chi connectivity index (χ2n) is 10.5. The van der Waals surface area contributed by atoms with Crippen molar-refractivity contribution < 1.29 is 23.4 Å². The van der Waals surface area contributed by atoms with Gasteiger partial charge in [0.1, 0.15) is 22.8 Å². The van der Waals surface area contributed by atoms with Crippen molar-refractivity contribution in [3.63, 3.8) is 0 Å². The Morgan fingerprint density at radius 1 is 1.07 bits per heavy atom. The summed E-state index contributed by atoms with van der Waals surface area (Å²) in [5, 5.41) is 14.2. The van der Waals surface area contributed by atoms with Crippen molar-refractivity contribution in [2.24, 2.45) is 0 Å². The first-order chi connectivity index (χ1) is 20.4. The SMILES string of the molecule is COc1cc(C(=O)NC[C@@H](c2ccccc2)c2cc(C(C)(C)O)c(F)c(-c3ccc(F)c(Cl)c3Cl)n2)cc2sc(C)nc12. The molecule has 0 saturated heterocycles. The van der Waals surface area contributed by atoms with E-state index in [0.29, 0.717) is 22.5 Å². The van der Waals surface area contributed by atoms with Gasteiger partial charge < -0.3 is 15.2 Å². The van der Waals surface area contributed by atoms with Crippen molar-refractivity contribution in [1.82, 2.24) is 15.3 Å². The number of fused-ring (bicyclic) bond motifs is 1. The average Bonchev–Trinajstić information content (AvgIpc) is 3.36. The Labute approximate surface area is 261 Å². The third kappa shape index (κ3) is 6.21. The molecule has 1 atom stereocenters. The molecule has 0 radical (unpaired) electrons. The molecule has 0 aliphatic heterocycles. The second kappa shape index (κ2) is 12.2. The zero-order valence-corrected chi connectivity index (χ0v) is 26.0. The highest BCUT2D eigenvalue weighted by molar-refractivity contribution is 7.18. The number of rotatable bonds is 8. The number of benzene rings is 3. The molecular weight excluding hydrogens is 615 g/mol. The van der Waals surface area contributed by atoms with Gasteiger partial charge in [-0.15, -0.1) is 11.3 Å². The summed E-state index contributed by atoms with van der Waals surface area (Å²) in [6, 6.07) is 16.5. The van der Waals surface area contributed by atoms with E-state index in [9.17, 15) is 14.3 Å². The first-order valence-corrected chi connectivity index (χ1v) is 14.8. The molecule has 0 unspecified atom stereocenters. The standard InChI is InChI=1S/C32H27Cl2F2N3O3S/c1-16-38-30-24(42-4)12-18(13-25(30)43-16)31(40)37-15-20(17-8-6-5-7-9-17)23-14-21(32(2,3)41)28(36)29(39-23)19-10-11-22(35)27(34)26(19)33/h5-14,20,41H,15H2,1-4H3,(H,37,40)/t20-/m0/s1. The van der Waals surface area contributed by atoms with Gasteiger partial charge in [0.25, 0.3) is 5.91 Å². The van der Waals surface area contributed by atoms with Crippen molar-refractivity contribution in [3.8, 4) is 17.0 Å². The molecule has 222 valence electrons. The molecule has 2 heterocycles. The van der Waals surface area contributed by atoms with E-state index in [4.69, 9.17) is 27.9 Å². The van der Waals surface area contributed by atoms with Gasteiger partial charge in [-0.25, -0.2) is 18.7 Å². The summed E-state index contributed by atoms with van der Waals surface area (Å²) in [4.78, 5) is 22.5. The number of hydrogen-bond acceptors (Lipinski definition) is 6. The van der Waals surface area contributed by atoms with Crippen LogP contribution in [0, 0.1) is 18.6 Å². The maximum atomic E-state index is 15.9. The molecule has 0 fully saturated rings. The van der Waals surface area contributed by atoms with Crippen LogP contribution in [-0.2, 0) is 5.60 Å². The number of halogens is 4. The summed E-state index contributed by atoms with van der Waals surface area (Å²) in [5.74, 6) is -2.02. The number of pyridine rings is 1. The summed E-state index contributed by atoms with van der Waals surface area (Å²) in [6.07, 6.45) is 0. The molecule has 0 aliphatic carbocycles. The molecule has 5 aromatic rings. The van der Waals surface area contributed by atoms with E-state index in [0.717, 1.165) is 21.3 Å². The Kier molecular flexibility index (Phi) is 8.72. The minimum atomic E-state index is -1.61. The van der Waals surface area contributed by atoms with Gasteiger partial charge in [0, 0.05) is 29.2 Å². The molecule has 0 spiro atoms. The largest absolute Gasteiger partial charge is 0.494 e. The summed E-state index contributed by atoms with van der Waals surface area (Å²) in [7, 11) is 1.52. The number of methoxy groups -OCH3 is 1. The lowest BCUT2D eigenvalue weighted by Crippen LogP contribution is -2.30. The number of hydrogen-bond donors (Lipinski definition) is 2. The zero-order chi connectivity index (χ0) is 31.1. The Hall–Kier alpha value is -3.63. The smallest absolute Gasteiger partial charge is 0.251 e. The van der Waals surface area contributed by atoms with Crippen molar-refractivity contribution in [1.29, 1.82) is 0 Å². The Morgan fingerprint density at radius 3 is 2.47 bits per heavy atom. The van der Waals surface area contributed by atoms with Gasteiger partial charge in [0.15, 0.2) is 5.82 Å². The van der Waals surface area contributed by atoms with Crippen LogP contribution in [-0.4, -0.2) is 34.6 Å². The van der Waals surface area contributed by atoms with Gasteiger partial charge in [-0.05, 0) is 56.7 Å². The molecule has 0 saturated carbocycles. The van der Waals surface area contributed by atoms with E-state index in [1.165, 1.54) is 44.4 Å². The third-order valence-corrected chi connectivity index (χ3v) is 8.78. The minimum absolute atomic E-state index is 0.0491. The molecule has 11 heteroatoms. The van der Waals surface area contributed by atoms with E-state index < -0.39 is 23.2 Å². The number of carbonyl (C=O) groups excluding carboxylic acids is 1. The number of aromatic nitrogens is 2. The number of carbonyl (C=O) groups is 1. The van der Waals surface area contributed by atoms with Crippen LogP contribution in [0.2, 0.25) is 10.0 Å². The van der Waals surface area contributed by atoms with Gasteiger partial charge in [-0.2, -0.15) is 0 Å². The maximum Gasteiger partial charge on any atom is 0.251 e. The number of nitrogens with zero attached hydrogens (tertiary/aromatic N) is 2. The summed E-state index contributed by atoms with van der Waals surface area (Å²) >= 11 is 13.9. The van der Waals surface area contributed by atoms with Gasteiger partial charge in [-0.3, -0.25) is 4.79 Å². The molecule has 5 rings (SSSR count). The van der Waals surface area contributed by atoms with Crippen LogP contribution in [0.15, 0.2) is 60.7 Å². The lowest BCUT2D eigenvalue weighted by atomic mass is 9.89. The predicted octanol–water partition coefficient (Wildman–Crippen LogP) is 8.05. The van der Waals surface area contributed by atoms with E-state index in [1.54, 1.807) is 12.1 Å². The van der Waals surface area contributed by atoms with Crippen LogP contribution in [0.1, 0.15) is 52.0 Å². The van der Waals surface area contributed by atoms with E-state index in [-0.39, 0.29) is 39.3 Å². The van der Waals surface area contributed by atoms with Crippen LogP contribution in [0.4, 0.5) is 8.78 Å². The number of nitrogens with one attached hydrogen (secondary N) is 1. The minimum Gasteiger partial charge on any atom is -0.494 e. The normalized spacial score (nSPS) is 12.4. The van der Waals surface area contributed by atoms with Crippen LogP contribution >= 0.6 is 34.5 Å². The molecular formula is C32H27Cl2F2N3O3S. The molecule has 6 nitrogen and oxygen atoms in total. The average molecular weight is 643 g/mol. The number of aryl methyl sites for hydroxylation is 1. The van der Waals surface area contributed by atoms with Crippen molar-refractivity contribution in [2.45, 2.75) is 32.3 Å². The van der Waals surface area contributed by atoms with Gasteiger partial charge >= 0.3 is 0 Å². The van der Waals surface area contributed by atoms with Crippen molar-refractivity contribution in [3.05, 3.63) is 110 Å². The van der Waals surface area contributed by atoms with Crippen molar-refractivity contribution >= 4 is 50.7 Å². The quantitative estimate of drug-likeness (QED) is 0.167. The first kappa shape index (κ1) is 30.8. The van der Waals surface area contributed by atoms with Crippen LogP contribution in [0.3, 0.4) is 0 Å². The van der Waals surface area contributed by atoms with Gasteiger partial charge in [0.05, 0.1) is 38.2 Å². The van der Waals surface area contributed by atoms with Gasteiger partial charge in [0.2, 0.25) is 0 Å². The lowest BCUT2D eigenvalue weighted by Gasteiger charge is -2.25. The molecule has 1 amide bonds. The van der Waals surface area contributed by atoms with E-state index in [2.05, 4.69) is 15.3 Å². The van der Waals surface area contributed by atoms with Crippen LogP contribution in [0.5, 0.6) is 5.75 Å². The monoisotopic (exact) mass is 641 g/mol. The maximum absolute atomic E-state index is 15.9. The van der Waals surface area contributed by atoms with Gasteiger partial charge in [-0.1, -0.05) is 53.5 Å². The van der Waals surface area contributed by atoms with Crippen LogP contribution in [0.25, 0.3) is 21.5 Å². The zero-order valence-electron chi connectivity index (χ0n) is 23.6. The third-order valence-electron chi connectivity index (χ3n) is 7.00. The molecule has 3 aromatic carbocycles. The molecule has 0 aliphatic rings. The summed E-state index contributed by atoms with van der Waals surface area (Å²) in [5.41, 5.74) is 0.399. The Balaban J connectivity index is 1.59. The number of thiazole rings is 1. The summed E-state index contributed by atoms with van der Waals surface area (Å²) < 4.78 is 36.3. The first-order valence-electron chi connectivity index (χ1n) is 13.2. The second-order valence-corrected chi connectivity index (χ2v) is 12.5. The fourth-order valence-corrected chi connectivity index (χ4v) is 6.12. The molecule has 43 heavy (non-hydrogen) atoms. The fraction of sp³-hybridized carbons (Fsp3) is 0.219.